The quantitative estimate of drug-likeness (QED) is 0.250. The monoisotopic (exact) mass is 494 g/mol. The maximum atomic E-state index is 12.2. The van der Waals surface area contributed by atoms with Gasteiger partial charge >= 0.3 is 11.8 Å². The van der Waals surface area contributed by atoms with E-state index >= 15 is 0 Å². The molecule has 0 aliphatic carbocycles. The fourth-order valence-electron chi connectivity index (χ4n) is 2.80. The summed E-state index contributed by atoms with van der Waals surface area (Å²) >= 11 is 6.02. The molecular formula is C25H23ClN4O5. The second-order valence-corrected chi connectivity index (χ2v) is 7.63. The normalized spacial score (nSPS) is 10.5. The van der Waals surface area contributed by atoms with Crippen LogP contribution in [0.15, 0.2) is 71.8 Å². The molecule has 3 aromatic carbocycles. The Hall–Kier alpha value is -4.37. The van der Waals surface area contributed by atoms with Crippen LogP contribution in [0.4, 0.5) is 11.4 Å². The van der Waals surface area contributed by atoms with Crippen molar-refractivity contribution in [3.05, 3.63) is 82.9 Å². The number of hydrogen-bond donors (Lipinski definition) is 3. The zero-order chi connectivity index (χ0) is 25.2. The Kier molecular flexibility index (Phi) is 8.80. The molecule has 0 spiro atoms. The van der Waals surface area contributed by atoms with Gasteiger partial charge in [-0.15, -0.1) is 0 Å². The molecule has 0 saturated carbocycles. The molecule has 0 aliphatic heterocycles. The van der Waals surface area contributed by atoms with Gasteiger partial charge < -0.3 is 20.1 Å². The molecule has 3 aromatic rings. The maximum absolute atomic E-state index is 12.2. The third-order valence-electron chi connectivity index (χ3n) is 4.66. The lowest BCUT2D eigenvalue weighted by Crippen LogP contribution is -2.32. The molecule has 3 rings (SSSR count). The number of carbonyl (C=O) groups is 3. The number of amides is 3. The van der Waals surface area contributed by atoms with E-state index in [2.05, 4.69) is 21.2 Å². The van der Waals surface area contributed by atoms with Crippen LogP contribution in [0.25, 0.3) is 0 Å². The van der Waals surface area contributed by atoms with E-state index in [9.17, 15) is 14.4 Å². The Morgan fingerprint density at radius 3 is 2.37 bits per heavy atom. The number of halogens is 1. The molecule has 9 nitrogen and oxygen atoms in total. The van der Waals surface area contributed by atoms with Crippen LogP contribution in [0.1, 0.15) is 11.1 Å². The lowest BCUT2D eigenvalue weighted by molar-refractivity contribution is -0.136. The highest BCUT2D eigenvalue weighted by Gasteiger charge is 2.13. The molecule has 0 heterocycles. The largest absolute Gasteiger partial charge is 0.497 e. The van der Waals surface area contributed by atoms with E-state index in [1.807, 2.05) is 6.92 Å². The molecule has 0 radical (unpaired) electrons. The van der Waals surface area contributed by atoms with E-state index in [4.69, 9.17) is 21.1 Å². The van der Waals surface area contributed by atoms with Crippen molar-refractivity contribution in [3.8, 4) is 11.5 Å². The van der Waals surface area contributed by atoms with Crippen molar-refractivity contribution >= 4 is 46.9 Å². The first-order chi connectivity index (χ1) is 16.9. The van der Waals surface area contributed by atoms with Gasteiger partial charge in [0.15, 0.2) is 6.61 Å². The first kappa shape index (κ1) is 25.3. The Morgan fingerprint density at radius 1 is 0.943 bits per heavy atom. The number of nitrogens with one attached hydrogen (secondary N) is 3. The molecule has 35 heavy (non-hydrogen) atoms. The zero-order valence-electron chi connectivity index (χ0n) is 19.0. The smallest absolute Gasteiger partial charge is 0.329 e. The van der Waals surface area contributed by atoms with Crippen molar-refractivity contribution in [1.29, 1.82) is 0 Å². The Balaban J connectivity index is 1.52. The number of rotatable bonds is 8. The van der Waals surface area contributed by atoms with Crippen LogP contribution in [0, 0.1) is 6.92 Å². The summed E-state index contributed by atoms with van der Waals surface area (Å²) in [5.74, 6) is -1.18. The molecule has 3 amide bonds. The van der Waals surface area contributed by atoms with Crippen molar-refractivity contribution in [2.75, 3.05) is 24.4 Å². The summed E-state index contributed by atoms with van der Waals surface area (Å²) in [6.07, 6.45) is 1.31. The summed E-state index contributed by atoms with van der Waals surface area (Å²) in [6.45, 7) is 1.58. The minimum absolute atomic E-state index is 0.245. The number of hydrogen-bond acceptors (Lipinski definition) is 6. The average Bonchev–Trinajstić information content (AvgIpc) is 2.86. The van der Waals surface area contributed by atoms with E-state index in [0.29, 0.717) is 33.5 Å². The van der Waals surface area contributed by atoms with Gasteiger partial charge in [0.05, 0.1) is 13.3 Å². The number of methoxy groups -OCH3 is 1. The molecule has 180 valence electrons. The van der Waals surface area contributed by atoms with E-state index in [-0.39, 0.29) is 12.5 Å². The van der Waals surface area contributed by atoms with Gasteiger partial charge in [-0.05, 0) is 61.0 Å². The van der Waals surface area contributed by atoms with E-state index < -0.39 is 11.8 Å². The van der Waals surface area contributed by atoms with Crippen molar-refractivity contribution in [2.24, 2.45) is 5.10 Å². The fraction of sp³-hybridized carbons (Fsp3) is 0.120. The summed E-state index contributed by atoms with van der Waals surface area (Å²) in [7, 11) is 1.56. The van der Waals surface area contributed by atoms with Crippen LogP contribution < -0.4 is 25.5 Å². The van der Waals surface area contributed by atoms with Crippen LogP contribution in [-0.4, -0.2) is 37.7 Å². The molecule has 0 saturated heterocycles. The van der Waals surface area contributed by atoms with Crippen molar-refractivity contribution in [2.45, 2.75) is 6.92 Å². The first-order valence-corrected chi connectivity index (χ1v) is 10.8. The number of carbonyl (C=O) groups excluding carboxylic acids is 3. The lowest BCUT2D eigenvalue weighted by Gasteiger charge is -2.10. The van der Waals surface area contributed by atoms with Gasteiger partial charge in [0, 0.05) is 22.0 Å². The van der Waals surface area contributed by atoms with E-state index in [1.165, 1.54) is 6.21 Å². The van der Waals surface area contributed by atoms with Crippen molar-refractivity contribution < 1.29 is 23.9 Å². The summed E-state index contributed by atoms with van der Waals surface area (Å²) in [5, 5.41) is 9.43. The summed E-state index contributed by atoms with van der Waals surface area (Å²) in [6, 6.07) is 18.6. The zero-order valence-corrected chi connectivity index (χ0v) is 19.8. The van der Waals surface area contributed by atoms with E-state index in [1.54, 1.807) is 73.8 Å². The average molecular weight is 495 g/mol. The van der Waals surface area contributed by atoms with Crippen molar-refractivity contribution in [1.82, 2.24) is 5.43 Å². The molecule has 0 atom stereocenters. The van der Waals surface area contributed by atoms with Gasteiger partial charge in [0.1, 0.15) is 11.5 Å². The summed E-state index contributed by atoms with van der Waals surface area (Å²) in [4.78, 5) is 36.3. The minimum atomic E-state index is -0.963. The molecular weight excluding hydrogens is 472 g/mol. The molecule has 0 bridgehead atoms. The molecule has 0 fully saturated rings. The van der Waals surface area contributed by atoms with Crippen LogP contribution in [-0.2, 0) is 14.4 Å². The third-order valence-corrected chi connectivity index (χ3v) is 5.06. The lowest BCUT2D eigenvalue weighted by atomic mass is 10.2. The Bertz CT molecular complexity index is 1240. The number of aryl methyl sites for hydroxylation is 1. The topological polar surface area (TPSA) is 118 Å². The van der Waals surface area contributed by atoms with Gasteiger partial charge in [-0.2, -0.15) is 5.10 Å². The van der Waals surface area contributed by atoms with Gasteiger partial charge in [0.25, 0.3) is 5.91 Å². The van der Waals surface area contributed by atoms with Gasteiger partial charge in [-0.1, -0.05) is 29.8 Å². The SMILES string of the molecule is COc1ccc(NC(=O)COc2ccccc2/C=N\NC(=O)C(=O)Nc2ccc(C)c(Cl)c2)cc1. The molecule has 0 aliphatic rings. The second kappa shape index (κ2) is 12.2. The van der Waals surface area contributed by atoms with Gasteiger partial charge in [0.2, 0.25) is 0 Å². The number of benzene rings is 3. The van der Waals surface area contributed by atoms with Gasteiger partial charge in [-0.3, -0.25) is 14.4 Å². The van der Waals surface area contributed by atoms with E-state index in [0.717, 1.165) is 5.56 Å². The minimum Gasteiger partial charge on any atom is -0.497 e. The number of para-hydroxylation sites is 1. The highest BCUT2D eigenvalue weighted by Crippen LogP contribution is 2.20. The number of anilines is 2. The molecule has 10 heteroatoms. The third kappa shape index (κ3) is 7.58. The summed E-state index contributed by atoms with van der Waals surface area (Å²) in [5.41, 5.74) is 4.48. The van der Waals surface area contributed by atoms with Crippen LogP contribution in [0.3, 0.4) is 0 Å². The van der Waals surface area contributed by atoms with Crippen LogP contribution >= 0.6 is 11.6 Å². The number of hydrazone groups is 1. The summed E-state index contributed by atoms with van der Waals surface area (Å²) < 4.78 is 10.7. The van der Waals surface area contributed by atoms with Crippen LogP contribution in [0.5, 0.6) is 11.5 Å². The predicted octanol–water partition coefficient (Wildman–Crippen LogP) is 3.76. The Labute approximate surface area is 207 Å². The Morgan fingerprint density at radius 2 is 1.66 bits per heavy atom. The number of ether oxygens (including phenoxy) is 2. The number of nitrogens with zero attached hydrogens (tertiary/aromatic N) is 1. The molecule has 0 aromatic heterocycles. The fourth-order valence-corrected chi connectivity index (χ4v) is 2.98. The predicted molar refractivity (Wildman–Crippen MR) is 134 cm³/mol. The molecule has 0 unspecified atom stereocenters. The highest BCUT2D eigenvalue weighted by molar-refractivity contribution is 6.39. The first-order valence-electron chi connectivity index (χ1n) is 10.4. The molecule has 3 N–H and O–H groups in total. The van der Waals surface area contributed by atoms with Crippen molar-refractivity contribution in [3.63, 3.8) is 0 Å². The highest BCUT2D eigenvalue weighted by atomic mass is 35.5. The van der Waals surface area contributed by atoms with Gasteiger partial charge in [-0.25, -0.2) is 5.43 Å². The maximum Gasteiger partial charge on any atom is 0.329 e. The van der Waals surface area contributed by atoms with Crippen LogP contribution in [0.2, 0.25) is 5.02 Å². The second-order valence-electron chi connectivity index (χ2n) is 7.22. The standard InChI is InChI=1S/C25H23ClN4O5/c1-16-7-8-19(13-21(16)26)29-24(32)25(33)30-27-14-17-5-3-4-6-22(17)35-15-23(31)28-18-9-11-20(34-2)12-10-18/h3-14H,15H2,1-2H3,(H,28,31)(H,29,32)(H,30,33)/b27-14-.